The van der Waals surface area contributed by atoms with Crippen LogP contribution in [-0.2, 0) is 6.54 Å². The van der Waals surface area contributed by atoms with E-state index in [1.807, 2.05) is 19.9 Å². The van der Waals surface area contributed by atoms with Gasteiger partial charge in [-0.1, -0.05) is 6.92 Å². The van der Waals surface area contributed by atoms with Crippen LogP contribution in [0.5, 0.6) is 0 Å². The minimum absolute atomic E-state index is 0.511. The third-order valence-electron chi connectivity index (χ3n) is 2.48. The summed E-state index contributed by atoms with van der Waals surface area (Å²) in [7, 11) is 0. The Balaban J connectivity index is 2.01. The highest BCUT2D eigenvalue weighted by molar-refractivity contribution is 5.47. The highest BCUT2D eigenvalue weighted by atomic mass is 16.4. The van der Waals surface area contributed by atoms with Crippen LogP contribution in [0.15, 0.2) is 16.7 Å². The monoisotopic (exact) mass is 261 g/mol. The molecule has 0 saturated heterocycles. The Morgan fingerprint density at radius 2 is 1.89 bits per heavy atom. The lowest BCUT2D eigenvalue weighted by molar-refractivity contribution is 0.479. The molecule has 0 fully saturated rings. The van der Waals surface area contributed by atoms with E-state index in [1.54, 1.807) is 6.20 Å². The number of aryl methyl sites for hydroxylation is 2. The molecule has 0 radical (unpaired) electrons. The first kappa shape index (κ1) is 13.3. The SMILES string of the molecule is CCCNc1cc(NCc2ncc(C)o2)nc(C)n1. The van der Waals surface area contributed by atoms with Gasteiger partial charge in [-0.3, -0.25) is 0 Å². The third kappa shape index (κ3) is 3.94. The van der Waals surface area contributed by atoms with Gasteiger partial charge in [-0.25, -0.2) is 15.0 Å². The molecule has 6 heteroatoms. The summed E-state index contributed by atoms with van der Waals surface area (Å²) in [5, 5.41) is 6.43. The van der Waals surface area contributed by atoms with Gasteiger partial charge in [-0.2, -0.15) is 0 Å². The van der Waals surface area contributed by atoms with Crippen LogP contribution in [0.4, 0.5) is 11.6 Å². The van der Waals surface area contributed by atoms with Crippen molar-refractivity contribution < 1.29 is 4.42 Å². The number of rotatable bonds is 6. The van der Waals surface area contributed by atoms with Crippen molar-refractivity contribution >= 4 is 11.6 Å². The van der Waals surface area contributed by atoms with Crippen LogP contribution in [0.1, 0.15) is 30.8 Å². The summed E-state index contributed by atoms with van der Waals surface area (Å²) in [5.74, 6) is 3.78. The number of hydrogen-bond acceptors (Lipinski definition) is 6. The van der Waals surface area contributed by atoms with Crippen molar-refractivity contribution in [2.75, 3.05) is 17.2 Å². The minimum atomic E-state index is 0.511. The van der Waals surface area contributed by atoms with Gasteiger partial charge in [0.2, 0.25) is 5.89 Å². The minimum Gasteiger partial charge on any atom is -0.444 e. The maximum Gasteiger partial charge on any atom is 0.213 e. The van der Waals surface area contributed by atoms with Gasteiger partial charge in [0.05, 0.1) is 12.7 Å². The highest BCUT2D eigenvalue weighted by Crippen LogP contribution is 2.12. The molecule has 0 aromatic carbocycles. The summed E-state index contributed by atoms with van der Waals surface area (Å²) in [5.41, 5.74) is 0. The number of oxazole rings is 1. The van der Waals surface area contributed by atoms with E-state index in [0.717, 1.165) is 36.2 Å². The van der Waals surface area contributed by atoms with E-state index in [2.05, 4.69) is 32.5 Å². The lowest BCUT2D eigenvalue weighted by Crippen LogP contribution is -2.07. The molecule has 0 unspecified atom stereocenters. The number of nitrogens with zero attached hydrogens (tertiary/aromatic N) is 3. The van der Waals surface area contributed by atoms with Crippen LogP contribution >= 0.6 is 0 Å². The molecule has 2 rings (SSSR count). The Kier molecular flexibility index (Phi) is 4.33. The van der Waals surface area contributed by atoms with E-state index in [9.17, 15) is 0 Å². The molecule has 2 aromatic heterocycles. The molecule has 0 aliphatic carbocycles. The topological polar surface area (TPSA) is 75.9 Å². The van der Waals surface area contributed by atoms with Gasteiger partial charge in [0.25, 0.3) is 0 Å². The molecule has 19 heavy (non-hydrogen) atoms. The number of anilines is 2. The zero-order chi connectivity index (χ0) is 13.7. The molecule has 102 valence electrons. The molecule has 0 atom stereocenters. The lowest BCUT2D eigenvalue weighted by atomic mass is 10.4. The maximum atomic E-state index is 5.40. The molecule has 2 aromatic rings. The van der Waals surface area contributed by atoms with Gasteiger partial charge in [-0.05, 0) is 20.3 Å². The molecule has 0 aliphatic rings. The Hall–Kier alpha value is -2.11. The predicted molar refractivity (Wildman–Crippen MR) is 74.1 cm³/mol. The van der Waals surface area contributed by atoms with Gasteiger partial charge in [0.15, 0.2) is 0 Å². The average molecular weight is 261 g/mol. The van der Waals surface area contributed by atoms with E-state index in [1.165, 1.54) is 0 Å². The lowest BCUT2D eigenvalue weighted by Gasteiger charge is -2.08. The Morgan fingerprint density at radius 3 is 2.53 bits per heavy atom. The summed E-state index contributed by atoms with van der Waals surface area (Å²) < 4.78 is 5.40. The number of hydrogen-bond donors (Lipinski definition) is 2. The molecular weight excluding hydrogens is 242 g/mol. The van der Waals surface area contributed by atoms with Crippen LogP contribution in [0.2, 0.25) is 0 Å². The molecule has 0 amide bonds. The van der Waals surface area contributed by atoms with E-state index in [-0.39, 0.29) is 0 Å². The maximum absolute atomic E-state index is 5.40. The van der Waals surface area contributed by atoms with Crippen molar-refractivity contribution in [2.24, 2.45) is 0 Å². The fraction of sp³-hybridized carbons (Fsp3) is 0.462. The third-order valence-corrected chi connectivity index (χ3v) is 2.48. The predicted octanol–water partition coefficient (Wildman–Crippen LogP) is 2.52. The fourth-order valence-corrected chi connectivity index (χ4v) is 1.65. The average Bonchev–Trinajstić information content (AvgIpc) is 2.79. The first-order valence-corrected chi connectivity index (χ1v) is 6.42. The molecule has 6 nitrogen and oxygen atoms in total. The normalized spacial score (nSPS) is 10.5. The van der Waals surface area contributed by atoms with Crippen LogP contribution in [0.3, 0.4) is 0 Å². The second kappa shape index (κ2) is 6.17. The molecule has 2 N–H and O–H groups in total. The Morgan fingerprint density at radius 1 is 1.16 bits per heavy atom. The second-order valence-corrected chi connectivity index (χ2v) is 4.33. The first-order valence-electron chi connectivity index (χ1n) is 6.42. The van der Waals surface area contributed by atoms with Crippen molar-refractivity contribution in [1.29, 1.82) is 0 Å². The van der Waals surface area contributed by atoms with E-state index >= 15 is 0 Å². The van der Waals surface area contributed by atoms with Gasteiger partial charge in [-0.15, -0.1) is 0 Å². The van der Waals surface area contributed by atoms with Gasteiger partial charge >= 0.3 is 0 Å². The van der Waals surface area contributed by atoms with Crippen LogP contribution in [0, 0.1) is 13.8 Å². The second-order valence-electron chi connectivity index (χ2n) is 4.33. The fourth-order valence-electron chi connectivity index (χ4n) is 1.65. The molecule has 0 spiro atoms. The van der Waals surface area contributed by atoms with Gasteiger partial charge < -0.3 is 15.1 Å². The van der Waals surface area contributed by atoms with Crippen molar-refractivity contribution in [3.05, 3.63) is 29.7 Å². The zero-order valence-electron chi connectivity index (χ0n) is 11.5. The Labute approximate surface area is 112 Å². The van der Waals surface area contributed by atoms with E-state index in [4.69, 9.17) is 4.42 Å². The summed E-state index contributed by atoms with van der Waals surface area (Å²) in [6.45, 7) is 7.27. The molecule has 0 aliphatic heterocycles. The van der Waals surface area contributed by atoms with Crippen LogP contribution < -0.4 is 10.6 Å². The number of nitrogens with one attached hydrogen (secondary N) is 2. The van der Waals surface area contributed by atoms with Crippen molar-refractivity contribution in [3.63, 3.8) is 0 Å². The first-order chi connectivity index (χ1) is 9.17. The largest absolute Gasteiger partial charge is 0.444 e. The molecule has 0 bridgehead atoms. The van der Waals surface area contributed by atoms with Gasteiger partial charge in [0.1, 0.15) is 23.2 Å². The zero-order valence-corrected chi connectivity index (χ0v) is 11.5. The summed E-state index contributed by atoms with van der Waals surface area (Å²) >= 11 is 0. The molecular formula is C13H19N5O. The van der Waals surface area contributed by atoms with Crippen molar-refractivity contribution in [1.82, 2.24) is 15.0 Å². The molecule has 2 heterocycles. The Bertz CT molecular complexity index is 538. The van der Waals surface area contributed by atoms with Crippen LogP contribution in [-0.4, -0.2) is 21.5 Å². The molecule has 0 saturated carbocycles. The number of aromatic nitrogens is 3. The van der Waals surface area contributed by atoms with E-state index < -0.39 is 0 Å². The van der Waals surface area contributed by atoms with Crippen molar-refractivity contribution in [2.45, 2.75) is 33.7 Å². The summed E-state index contributed by atoms with van der Waals surface area (Å²) in [6, 6.07) is 1.89. The van der Waals surface area contributed by atoms with Crippen LogP contribution in [0.25, 0.3) is 0 Å². The highest BCUT2D eigenvalue weighted by Gasteiger charge is 2.04. The quantitative estimate of drug-likeness (QED) is 0.832. The summed E-state index contributed by atoms with van der Waals surface area (Å²) in [4.78, 5) is 12.8. The van der Waals surface area contributed by atoms with Crippen molar-refractivity contribution in [3.8, 4) is 0 Å². The standard InChI is InChI=1S/C13H19N5O/c1-4-5-14-11-6-12(18-10(3)17-11)15-8-13-16-7-9(2)19-13/h6-7H,4-5,8H2,1-3H3,(H2,14,15,17,18). The van der Waals surface area contributed by atoms with Gasteiger partial charge in [0, 0.05) is 12.6 Å². The summed E-state index contributed by atoms with van der Waals surface area (Å²) in [6.07, 6.45) is 2.76. The van der Waals surface area contributed by atoms with E-state index in [0.29, 0.717) is 12.4 Å². The smallest absolute Gasteiger partial charge is 0.213 e.